The number of amides is 1. The molecule has 7 nitrogen and oxygen atoms in total. The Morgan fingerprint density at radius 1 is 1.12 bits per heavy atom. The van der Waals surface area contributed by atoms with Crippen LogP contribution in [0.25, 0.3) is 0 Å². The highest BCUT2D eigenvalue weighted by atomic mass is 32.1. The quantitative estimate of drug-likeness (QED) is 0.525. The van der Waals surface area contributed by atoms with Gasteiger partial charge in [-0.2, -0.15) is 8.78 Å². The first-order chi connectivity index (χ1) is 16.3. The number of carbonyl (C=O) groups excluding carboxylic acids is 1. The number of benzene rings is 2. The number of nitrogens with zero attached hydrogens (tertiary/aromatic N) is 1. The van der Waals surface area contributed by atoms with Gasteiger partial charge in [0.25, 0.3) is 5.91 Å². The van der Waals surface area contributed by atoms with Gasteiger partial charge in [0.1, 0.15) is 5.75 Å². The standard InChI is InChI=1S/C24H25F2N3O4S/c1-13-20(22(30)27-16-6-4-5-7-17(16)31-2)21(28-24(34)29(13)15-9-10-15)14-8-11-18(33-23(25)26)19(12-14)32-3/h4-8,11-12,15,21,23H,9-10H2,1-3H3,(H,27,30)(H,28,34). The molecular weight excluding hydrogens is 464 g/mol. The van der Waals surface area contributed by atoms with Crippen LogP contribution in [0.4, 0.5) is 14.5 Å². The fourth-order valence-electron chi connectivity index (χ4n) is 4.07. The number of thiocarbonyl (C=S) groups is 1. The molecule has 2 aliphatic rings. The number of methoxy groups -OCH3 is 2. The van der Waals surface area contributed by atoms with Crippen LogP contribution in [0.15, 0.2) is 53.7 Å². The van der Waals surface area contributed by atoms with Gasteiger partial charge in [-0.3, -0.25) is 4.79 Å². The zero-order valence-corrected chi connectivity index (χ0v) is 19.7. The highest BCUT2D eigenvalue weighted by Gasteiger charge is 2.40. The predicted octanol–water partition coefficient (Wildman–Crippen LogP) is 4.61. The average Bonchev–Trinajstić information content (AvgIpc) is 3.64. The second-order valence-electron chi connectivity index (χ2n) is 7.93. The summed E-state index contributed by atoms with van der Waals surface area (Å²) in [5, 5.41) is 6.69. The zero-order chi connectivity index (χ0) is 24.4. The van der Waals surface area contributed by atoms with Crippen LogP contribution in [0.3, 0.4) is 0 Å². The van der Waals surface area contributed by atoms with Crippen molar-refractivity contribution in [3.63, 3.8) is 0 Å². The minimum atomic E-state index is -2.99. The second-order valence-corrected chi connectivity index (χ2v) is 8.31. The van der Waals surface area contributed by atoms with E-state index >= 15 is 0 Å². The maximum atomic E-state index is 13.6. The predicted molar refractivity (Wildman–Crippen MR) is 127 cm³/mol. The Morgan fingerprint density at radius 3 is 2.47 bits per heavy atom. The Bertz CT molecular complexity index is 1140. The molecule has 2 aromatic carbocycles. The molecule has 0 saturated heterocycles. The van der Waals surface area contributed by atoms with Crippen LogP contribution in [0.5, 0.6) is 17.2 Å². The summed E-state index contributed by atoms with van der Waals surface area (Å²) in [7, 11) is 2.89. The van der Waals surface area contributed by atoms with Crippen molar-refractivity contribution in [1.82, 2.24) is 10.2 Å². The molecule has 1 aliphatic heterocycles. The molecule has 1 fully saturated rings. The molecule has 1 atom stereocenters. The first-order valence-corrected chi connectivity index (χ1v) is 11.1. The molecule has 0 spiro atoms. The average molecular weight is 490 g/mol. The number of hydrogen-bond donors (Lipinski definition) is 2. The van der Waals surface area contributed by atoms with Crippen LogP contribution in [-0.2, 0) is 4.79 Å². The van der Waals surface area contributed by atoms with Gasteiger partial charge in [-0.1, -0.05) is 18.2 Å². The number of para-hydroxylation sites is 2. The molecule has 1 aliphatic carbocycles. The number of carbonyl (C=O) groups is 1. The van der Waals surface area contributed by atoms with Gasteiger partial charge < -0.3 is 29.7 Å². The lowest BCUT2D eigenvalue weighted by Gasteiger charge is -2.38. The van der Waals surface area contributed by atoms with Crippen LogP contribution in [0.2, 0.25) is 0 Å². The highest BCUT2D eigenvalue weighted by Crippen LogP contribution is 2.40. The lowest BCUT2D eigenvalue weighted by molar-refractivity contribution is -0.113. The normalized spacial score (nSPS) is 18.0. The van der Waals surface area contributed by atoms with E-state index in [1.54, 1.807) is 30.3 Å². The third-order valence-corrected chi connectivity index (χ3v) is 6.09. The van der Waals surface area contributed by atoms with Gasteiger partial charge in [0.2, 0.25) is 0 Å². The molecule has 1 saturated carbocycles. The van der Waals surface area contributed by atoms with Crippen molar-refractivity contribution in [3.05, 3.63) is 59.3 Å². The lowest BCUT2D eigenvalue weighted by atomic mass is 9.93. The topological polar surface area (TPSA) is 72.1 Å². The summed E-state index contributed by atoms with van der Waals surface area (Å²) in [5.74, 6) is 0.218. The van der Waals surface area contributed by atoms with Gasteiger partial charge in [0, 0.05) is 11.7 Å². The Balaban J connectivity index is 1.75. The first-order valence-electron chi connectivity index (χ1n) is 10.7. The van der Waals surface area contributed by atoms with E-state index in [0.717, 1.165) is 18.5 Å². The van der Waals surface area contributed by atoms with Crippen molar-refractivity contribution < 1.29 is 27.8 Å². The molecule has 0 aromatic heterocycles. The molecule has 2 N–H and O–H groups in total. The van der Waals surface area contributed by atoms with E-state index in [1.165, 1.54) is 20.3 Å². The second kappa shape index (κ2) is 9.84. The summed E-state index contributed by atoms with van der Waals surface area (Å²) >= 11 is 5.62. The van der Waals surface area contributed by atoms with Crippen LogP contribution < -0.4 is 24.8 Å². The summed E-state index contributed by atoms with van der Waals surface area (Å²) in [4.78, 5) is 15.6. The Labute approximate surface area is 201 Å². The summed E-state index contributed by atoms with van der Waals surface area (Å²) in [6, 6.07) is 11.3. The van der Waals surface area contributed by atoms with E-state index in [2.05, 4.69) is 15.4 Å². The zero-order valence-electron chi connectivity index (χ0n) is 18.9. The van der Waals surface area contributed by atoms with Crippen molar-refractivity contribution in [2.75, 3.05) is 19.5 Å². The molecule has 0 bridgehead atoms. The Morgan fingerprint density at radius 2 is 1.82 bits per heavy atom. The molecule has 4 rings (SSSR count). The van der Waals surface area contributed by atoms with Gasteiger partial charge in [-0.25, -0.2) is 0 Å². The third kappa shape index (κ3) is 4.77. The van der Waals surface area contributed by atoms with Crippen LogP contribution >= 0.6 is 12.2 Å². The lowest BCUT2D eigenvalue weighted by Crippen LogP contribution is -2.49. The van der Waals surface area contributed by atoms with Crippen molar-refractivity contribution in [2.24, 2.45) is 0 Å². The fourth-order valence-corrected chi connectivity index (χ4v) is 4.47. The number of halogens is 2. The molecule has 180 valence electrons. The van der Waals surface area contributed by atoms with E-state index in [1.807, 2.05) is 17.9 Å². The number of alkyl halides is 2. The van der Waals surface area contributed by atoms with E-state index in [4.69, 9.17) is 21.7 Å². The monoisotopic (exact) mass is 489 g/mol. The van der Waals surface area contributed by atoms with E-state index in [0.29, 0.717) is 27.7 Å². The number of ether oxygens (including phenoxy) is 3. The van der Waals surface area contributed by atoms with Crippen molar-refractivity contribution >= 4 is 28.9 Å². The third-order valence-electron chi connectivity index (χ3n) is 5.78. The molecule has 1 heterocycles. The van der Waals surface area contributed by atoms with Gasteiger partial charge in [0.05, 0.1) is 31.5 Å². The van der Waals surface area contributed by atoms with Crippen molar-refractivity contribution in [1.29, 1.82) is 0 Å². The fraction of sp³-hybridized carbons (Fsp3) is 0.333. The first kappa shape index (κ1) is 23.7. The Hall–Kier alpha value is -3.40. The Kier molecular flexibility index (Phi) is 6.87. The van der Waals surface area contributed by atoms with E-state index in [-0.39, 0.29) is 23.4 Å². The number of rotatable bonds is 8. The van der Waals surface area contributed by atoms with Gasteiger partial charge in [0.15, 0.2) is 16.6 Å². The van der Waals surface area contributed by atoms with Gasteiger partial charge in [-0.05, 0) is 61.8 Å². The molecule has 1 amide bonds. The molecule has 10 heteroatoms. The summed E-state index contributed by atoms with van der Waals surface area (Å²) in [6.45, 7) is -1.13. The molecule has 0 radical (unpaired) electrons. The minimum absolute atomic E-state index is 0.0973. The minimum Gasteiger partial charge on any atom is -0.495 e. The number of anilines is 1. The largest absolute Gasteiger partial charge is 0.495 e. The molecule has 2 aromatic rings. The maximum absolute atomic E-state index is 13.6. The summed E-state index contributed by atoms with van der Waals surface area (Å²) in [5.41, 5.74) is 2.32. The van der Waals surface area contributed by atoms with E-state index < -0.39 is 12.7 Å². The maximum Gasteiger partial charge on any atom is 0.387 e. The highest BCUT2D eigenvalue weighted by molar-refractivity contribution is 7.80. The molecular formula is C24H25F2N3O4S. The summed E-state index contributed by atoms with van der Waals surface area (Å²) < 4.78 is 40.7. The number of allylic oxidation sites excluding steroid dienone is 1. The van der Waals surface area contributed by atoms with Crippen molar-refractivity contribution in [2.45, 2.75) is 38.5 Å². The number of hydrogen-bond acceptors (Lipinski definition) is 5. The SMILES string of the molecule is COc1ccccc1NC(=O)C1=C(C)N(C2CC2)C(=S)NC1c1ccc(OC(F)F)c(OC)c1. The van der Waals surface area contributed by atoms with Crippen LogP contribution in [0.1, 0.15) is 31.4 Å². The number of nitrogens with one attached hydrogen (secondary N) is 2. The van der Waals surface area contributed by atoms with Crippen LogP contribution in [0, 0.1) is 0 Å². The van der Waals surface area contributed by atoms with Crippen LogP contribution in [-0.4, -0.2) is 42.8 Å². The summed E-state index contributed by atoms with van der Waals surface area (Å²) in [6.07, 6.45) is 1.97. The van der Waals surface area contributed by atoms with E-state index in [9.17, 15) is 13.6 Å². The van der Waals surface area contributed by atoms with Crippen molar-refractivity contribution in [3.8, 4) is 17.2 Å². The van der Waals surface area contributed by atoms with Gasteiger partial charge in [-0.15, -0.1) is 0 Å². The molecule has 1 unspecified atom stereocenters. The molecule has 34 heavy (non-hydrogen) atoms. The van der Waals surface area contributed by atoms with Gasteiger partial charge >= 0.3 is 6.61 Å². The smallest absolute Gasteiger partial charge is 0.387 e.